The van der Waals surface area contributed by atoms with Gasteiger partial charge in [-0.1, -0.05) is 74.5 Å². The molecule has 0 aliphatic rings. The van der Waals surface area contributed by atoms with Crippen molar-refractivity contribution in [3.05, 3.63) is 71.8 Å². The molecule has 132 valence electrons. The number of likely N-dealkylation sites (N-methyl/N-ethyl adjacent to an activating group) is 1. The number of nitrogens with zero attached hydrogens (tertiary/aromatic N) is 2. The van der Waals surface area contributed by atoms with Crippen molar-refractivity contribution < 1.29 is 0 Å². The summed E-state index contributed by atoms with van der Waals surface area (Å²) < 4.78 is 0. The summed E-state index contributed by atoms with van der Waals surface area (Å²) >= 11 is 0. The maximum atomic E-state index is 9.95. The van der Waals surface area contributed by atoms with E-state index >= 15 is 0 Å². The molecule has 2 nitrogen and oxygen atoms in total. The van der Waals surface area contributed by atoms with Crippen LogP contribution in [0.25, 0.3) is 0 Å². The average Bonchev–Trinajstić information content (AvgIpc) is 2.65. The maximum Gasteiger partial charge on any atom is 0.0845 e. The Morgan fingerprint density at radius 1 is 0.960 bits per heavy atom. The lowest BCUT2D eigenvalue weighted by molar-refractivity contribution is 0.294. The minimum atomic E-state index is -0.387. The highest BCUT2D eigenvalue weighted by Gasteiger charge is 2.35. The number of hydrogen-bond donors (Lipinski definition) is 0. The highest BCUT2D eigenvalue weighted by atomic mass is 15.1. The number of rotatable bonds is 9. The highest BCUT2D eigenvalue weighted by molar-refractivity contribution is 5.33. The van der Waals surface area contributed by atoms with Gasteiger partial charge in [-0.25, -0.2) is 0 Å². The molecule has 0 aliphatic carbocycles. The standard InChI is InChI=1S/C23H30N2/c1-20(2)23(19-24,22-13-8-5-9-14-22)16-10-17-25(3)18-15-21-11-6-4-7-12-21/h4-9,11-14,20H,10,15-18H2,1-3H3/t23-/m0/s1. The van der Waals surface area contributed by atoms with E-state index in [9.17, 15) is 5.26 Å². The first kappa shape index (κ1) is 19.2. The zero-order valence-corrected chi connectivity index (χ0v) is 15.8. The molecule has 0 saturated carbocycles. The predicted octanol–water partition coefficient (Wildman–Crippen LogP) is 5.06. The van der Waals surface area contributed by atoms with Crippen LogP contribution in [-0.2, 0) is 11.8 Å². The first-order chi connectivity index (χ1) is 12.1. The van der Waals surface area contributed by atoms with Crippen molar-refractivity contribution in [1.82, 2.24) is 4.90 Å². The molecule has 0 fully saturated rings. The quantitative estimate of drug-likeness (QED) is 0.641. The third-order valence-electron chi connectivity index (χ3n) is 5.21. The van der Waals surface area contributed by atoms with Gasteiger partial charge in [-0.3, -0.25) is 0 Å². The summed E-state index contributed by atoms with van der Waals surface area (Å²) in [6, 6.07) is 23.6. The molecule has 0 saturated heterocycles. The Kier molecular flexibility index (Phi) is 7.22. The molecule has 0 N–H and O–H groups in total. The Morgan fingerprint density at radius 2 is 1.56 bits per heavy atom. The minimum Gasteiger partial charge on any atom is -0.306 e. The van der Waals surface area contributed by atoms with Gasteiger partial charge in [0.1, 0.15) is 0 Å². The van der Waals surface area contributed by atoms with E-state index in [2.05, 4.69) is 74.3 Å². The summed E-state index contributed by atoms with van der Waals surface area (Å²) in [5.74, 6) is 0.300. The summed E-state index contributed by atoms with van der Waals surface area (Å²) in [5.41, 5.74) is 2.15. The van der Waals surface area contributed by atoms with Gasteiger partial charge in [-0.15, -0.1) is 0 Å². The zero-order chi connectivity index (χ0) is 18.1. The van der Waals surface area contributed by atoms with Crippen LogP contribution in [-0.4, -0.2) is 25.0 Å². The van der Waals surface area contributed by atoms with Gasteiger partial charge < -0.3 is 4.90 Å². The summed E-state index contributed by atoms with van der Waals surface area (Å²) in [6.07, 6.45) is 3.01. The van der Waals surface area contributed by atoms with E-state index in [1.807, 2.05) is 18.2 Å². The van der Waals surface area contributed by atoms with Crippen LogP contribution < -0.4 is 0 Å². The van der Waals surface area contributed by atoms with E-state index < -0.39 is 0 Å². The normalized spacial score (nSPS) is 13.6. The first-order valence-corrected chi connectivity index (χ1v) is 9.28. The van der Waals surface area contributed by atoms with E-state index in [4.69, 9.17) is 0 Å². The van der Waals surface area contributed by atoms with Gasteiger partial charge in [0.05, 0.1) is 11.5 Å². The van der Waals surface area contributed by atoms with E-state index in [0.29, 0.717) is 5.92 Å². The van der Waals surface area contributed by atoms with E-state index in [0.717, 1.165) is 37.9 Å². The molecule has 0 aliphatic heterocycles. The van der Waals surface area contributed by atoms with Crippen LogP contribution in [0.5, 0.6) is 0 Å². The van der Waals surface area contributed by atoms with Crippen LogP contribution >= 0.6 is 0 Å². The molecule has 2 rings (SSSR count). The van der Waals surface area contributed by atoms with Crippen LogP contribution in [0.4, 0.5) is 0 Å². The Hall–Kier alpha value is -2.11. The molecule has 0 amide bonds. The molecule has 0 spiro atoms. The van der Waals surface area contributed by atoms with Crippen molar-refractivity contribution >= 4 is 0 Å². The van der Waals surface area contributed by atoms with Gasteiger partial charge in [-0.2, -0.15) is 5.26 Å². The SMILES string of the molecule is CC(C)[C@@](C#N)(CCCN(C)CCc1ccccc1)c1ccccc1. The Morgan fingerprint density at radius 3 is 2.12 bits per heavy atom. The summed E-state index contributed by atoms with van der Waals surface area (Å²) in [7, 11) is 2.18. The van der Waals surface area contributed by atoms with Crippen molar-refractivity contribution in [2.45, 2.75) is 38.5 Å². The predicted molar refractivity (Wildman–Crippen MR) is 105 cm³/mol. The van der Waals surface area contributed by atoms with Gasteiger partial charge in [0.2, 0.25) is 0 Å². The van der Waals surface area contributed by atoms with Gasteiger partial charge in [0.25, 0.3) is 0 Å². The van der Waals surface area contributed by atoms with E-state index in [1.165, 1.54) is 5.56 Å². The summed E-state index contributed by atoms with van der Waals surface area (Å²) in [5, 5.41) is 9.95. The second-order valence-electron chi connectivity index (χ2n) is 7.25. The molecule has 25 heavy (non-hydrogen) atoms. The van der Waals surface area contributed by atoms with Crippen LogP contribution in [0.15, 0.2) is 60.7 Å². The Labute approximate surface area is 153 Å². The smallest absolute Gasteiger partial charge is 0.0845 e. The fourth-order valence-electron chi connectivity index (χ4n) is 3.46. The Balaban J connectivity index is 1.90. The molecule has 2 heteroatoms. The fourth-order valence-corrected chi connectivity index (χ4v) is 3.46. The second kappa shape index (κ2) is 9.39. The van der Waals surface area contributed by atoms with Crippen LogP contribution in [0.1, 0.15) is 37.8 Å². The van der Waals surface area contributed by atoms with E-state index in [-0.39, 0.29) is 5.41 Å². The second-order valence-corrected chi connectivity index (χ2v) is 7.25. The van der Waals surface area contributed by atoms with Gasteiger partial charge in [-0.05, 0) is 49.9 Å². The van der Waals surface area contributed by atoms with Gasteiger partial charge in [0, 0.05) is 6.54 Å². The molecule has 0 unspecified atom stereocenters. The molecule has 0 radical (unpaired) electrons. The van der Waals surface area contributed by atoms with Crippen LogP contribution in [0.2, 0.25) is 0 Å². The number of hydrogen-bond acceptors (Lipinski definition) is 2. The monoisotopic (exact) mass is 334 g/mol. The molecule has 2 aromatic rings. The minimum absolute atomic E-state index is 0.300. The largest absolute Gasteiger partial charge is 0.306 e. The van der Waals surface area contributed by atoms with E-state index in [1.54, 1.807) is 0 Å². The topological polar surface area (TPSA) is 27.0 Å². The molecule has 0 aromatic heterocycles. The molecular weight excluding hydrogens is 304 g/mol. The van der Waals surface area contributed by atoms with Crippen molar-refractivity contribution in [3.63, 3.8) is 0 Å². The number of nitriles is 1. The third kappa shape index (κ3) is 5.18. The number of benzene rings is 2. The zero-order valence-electron chi connectivity index (χ0n) is 15.8. The van der Waals surface area contributed by atoms with Gasteiger partial charge in [0.15, 0.2) is 0 Å². The summed E-state index contributed by atoms with van der Waals surface area (Å²) in [6.45, 7) is 6.40. The lowest BCUT2D eigenvalue weighted by Gasteiger charge is -2.32. The molecule has 2 aromatic carbocycles. The van der Waals surface area contributed by atoms with Crippen molar-refractivity contribution in [1.29, 1.82) is 5.26 Å². The lowest BCUT2D eigenvalue weighted by atomic mass is 9.70. The maximum absolute atomic E-state index is 9.95. The summed E-state index contributed by atoms with van der Waals surface area (Å²) in [4.78, 5) is 2.38. The molecular formula is C23H30N2. The van der Waals surface area contributed by atoms with Crippen molar-refractivity contribution in [3.8, 4) is 6.07 Å². The van der Waals surface area contributed by atoms with Crippen molar-refractivity contribution in [2.75, 3.05) is 20.1 Å². The third-order valence-corrected chi connectivity index (χ3v) is 5.21. The lowest BCUT2D eigenvalue weighted by Crippen LogP contribution is -2.32. The van der Waals surface area contributed by atoms with Gasteiger partial charge >= 0.3 is 0 Å². The average molecular weight is 335 g/mol. The Bertz CT molecular complexity index is 657. The highest BCUT2D eigenvalue weighted by Crippen LogP contribution is 2.36. The van der Waals surface area contributed by atoms with Crippen molar-refractivity contribution in [2.24, 2.45) is 5.92 Å². The van der Waals surface area contributed by atoms with Crippen LogP contribution in [0, 0.1) is 17.2 Å². The first-order valence-electron chi connectivity index (χ1n) is 9.28. The molecule has 1 atom stereocenters. The molecule has 0 bridgehead atoms. The molecule has 0 heterocycles. The van der Waals surface area contributed by atoms with Crippen LogP contribution in [0.3, 0.4) is 0 Å². The fraction of sp³-hybridized carbons (Fsp3) is 0.435.